The van der Waals surface area contributed by atoms with Gasteiger partial charge in [-0.1, -0.05) is 36.4 Å². The van der Waals surface area contributed by atoms with E-state index in [-0.39, 0.29) is 5.82 Å². The van der Waals surface area contributed by atoms with E-state index in [0.29, 0.717) is 37.7 Å². The number of hydrogen-bond donors (Lipinski definition) is 1. The van der Waals surface area contributed by atoms with E-state index in [1.54, 1.807) is 12.1 Å². The first-order valence-electron chi connectivity index (χ1n) is 10.2. The van der Waals surface area contributed by atoms with Gasteiger partial charge in [0.15, 0.2) is 11.5 Å². The Morgan fingerprint density at radius 3 is 2.47 bits per heavy atom. The molecule has 0 heterocycles. The third-order valence-electron chi connectivity index (χ3n) is 4.78. The normalized spacial score (nSPS) is 10.5. The van der Waals surface area contributed by atoms with Crippen molar-refractivity contribution >= 4 is 5.69 Å². The quantitative estimate of drug-likeness (QED) is 0.393. The fourth-order valence-electron chi connectivity index (χ4n) is 3.26. The van der Waals surface area contributed by atoms with E-state index in [0.717, 1.165) is 22.4 Å². The third kappa shape index (κ3) is 5.63. The van der Waals surface area contributed by atoms with Crippen LogP contribution in [-0.2, 0) is 19.6 Å². The lowest BCUT2D eigenvalue weighted by molar-refractivity contribution is 0.267. The van der Waals surface area contributed by atoms with Crippen LogP contribution in [0, 0.1) is 12.7 Å². The summed E-state index contributed by atoms with van der Waals surface area (Å²) >= 11 is 0. The second-order valence-electron chi connectivity index (χ2n) is 7.09. The van der Waals surface area contributed by atoms with Gasteiger partial charge in [-0.05, 0) is 67.3 Å². The number of para-hydroxylation sites is 1. The first-order valence-corrected chi connectivity index (χ1v) is 10.2. The molecular weight excluding hydrogens is 377 g/mol. The monoisotopic (exact) mass is 405 g/mol. The lowest BCUT2D eigenvalue weighted by Gasteiger charge is -2.18. The second kappa shape index (κ2) is 10.5. The van der Waals surface area contributed by atoms with Gasteiger partial charge in [0.05, 0.1) is 6.61 Å². The van der Waals surface area contributed by atoms with Crippen LogP contribution in [-0.4, -0.2) is 6.61 Å². The van der Waals surface area contributed by atoms with Crippen molar-refractivity contribution in [3.05, 3.63) is 101 Å². The molecule has 0 saturated heterocycles. The summed E-state index contributed by atoms with van der Waals surface area (Å²) in [6, 6.07) is 18.7. The minimum absolute atomic E-state index is 0.258. The van der Waals surface area contributed by atoms with Gasteiger partial charge >= 0.3 is 0 Å². The summed E-state index contributed by atoms with van der Waals surface area (Å²) in [5.41, 5.74) is 5.33. The maximum Gasteiger partial charge on any atom is 0.165 e. The number of ether oxygens (including phenoxy) is 2. The Hall–Kier alpha value is -3.27. The molecule has 3 aromatic rings. The second-order valence-corrected chi connectivity index (χ2v) is 7.09. The summed E-state index contributed by atoms with van der Waals surface area (Å²) in [6.45, 7) is 9.47. The molecule has 0 spiro atoms. The molecule has 3 nitrogen and oxygen atoms in total. The minimum Gasteiger partial charge on any atom is -0.490 e. The molecule has 0 atom stereocenters. The Morgan fingerprint density at radius 2 is 1.77 bits per heavy atom. The summed E-state index contributed by atoms with van der Waals surface area (Å²) in [5.74, 6) is 1.16. The Balaban J connectivity index is 1.84. The third-order valence-corrected chi connectivity index (χ3v) is 4.78. The first-order chi connectivity index (χ1) is 14.6. The Morgan fingerprint density at radius 1 is 1.00 bits per heavy atom. The summed E-state index contributed by atoms with van der Waals surface area (Å²) in [4.78, 5) is 0. The molecule has 0 aliphatic heterocycles. The topological polar surface area (TPSA) is 30.5 Å². The number of rotatable bonds is 10. The highest BCUT2D eigenvalue weighted by molar-refractivity contribution is 5.53. The van der Waals surface area contributed by atoms with E-state index in [2.05, 4.69) is 37.0 Å². The number of aryl methyl sites for hydroxylation is 1. The number of allylic oxidation sites excluding steroid dienone is 1. The van der Waals surface area contributed by atoms with Gasteiger partial charge in [0.1, 0.15) is 12.4 Å². The Labute approximate surface area is 178 Å². The van der Waals surface area contributed by atoms with Gasteiger partial charge in [0.2, 0.25) is 0 Å². The molecular formula is C26H28FNO2. The number of benzene rings is 3. The van der Waals surface area contributed by atoms with Crippen molar-refractivity contribution in [2.24, 2.45) is 0 Å². The zero-order valence-electron chi connectivity index (χ0n) is 17.6. The molecule has 0 aliphatic carbocycles. The number of hydrogen-bond acceptors (Lipinski definition) is 3. The molecule has 0 aliphatic rings. The van der Waals surface area contributed by atoms with Crippen molar-refractivity contribution < 1.29 is 13.9 Å². The van der Waals surface area contributed by atoms with Crippen molar-refractivity contribution in [1.82, 2.24) is 0 Å². The molecule has 0 amide bonds. The molecule has 1 N–H and O–H groups in total. The van der Waals surface area contributed by atoms with Gasteiger partial charge in [-0.15, -0.1) is 6.58 Å². The van der Waals surface area contributed by atoms with Gasteiger partial charge in [-0.25, -0.2) is 4.39 Å². The van der Waals surface area contributed by atoms with Crippen molar-refractivity contribution in [2.45, 2.75) is 33.4 Å². The molecule has 156 valence electrons. The average molecular weight is 406 g/mol. The van der Waals surface area contributed by atoms with E-state index in [4.69, 9.17) is 9.47 Å². The predicted molar refractivity (Wildman–Crippen MR) is 121 cm³/mol. The van der Waals surface area contributed by atoms with Gasteiger partial charge < -0.3 is 14.8 Å². The van der Waals surface area contributed by atoms with Gasteiger partial charge in [0.25, 0.3) is 0 Å². The van der Waals surface area contributed by atoms with Crippen LogP contribution in [0.25, 0.3) is 0 Å². The number of anilines is 1. The minimum atomic E-state index is -0.258. The highest BCUT2D eigenvalue weighted by Gasteiger charge is 2.14. The summed E-state index contributed by atoms with van der Waals surface area (Å²) < 4.78 is 25.2. The molecule has 0 unspecified atom stereocenters. The molecule has 0 radical (unpaired) electrons. The van der Waals surface area contributed by atoms with Crippen LogP contribution >= 0.6 is 0 Å². The van der Waals surface area contributed by atoms with Gasteiger partial charge in [-0.3, -0.25) is 0 Å². The lowest BCUT2D eigenvalue weighted by atomic mass is 10.0. The van der Waals surface area contributed by atoms with Crippen molar-refractivity contribution in [2.75, 3.05) is 11.9 Å². The van der Waals surface area contributed by atoms with E-state index in [1.807, 2.05) is 31.2 Å². The van der Waals surface area contributed by atoms with Crippen LogP contribution in [0.2, 0.25) is 0 Å². The zero-order valence-corrected chi connectivity index (χ0v) is 17.6. The molecule has 0 aromatic heterocycles. The van der Waals surface area contributed by atoms with Crippen LogP contribution in [0.3, 0.4) is 0 Å². The lowest BCUT2D eigenvalue weighted by Crippen LogP contribution is -2.06. The maximum atomic E-state index is 13.2. The molecule has 30 heavy (non-hydrogen) atoms. The average Bonchev–Trinajstić information content (AvgIpc) is 2.74. The van der Waals surface area contributed by atoms with Crippen LogP contribution in [0.1, 0.15) is 29.2 Å². The molecule has 0 saturated carbocycles. The number of nitrogens with one attached hydrogen (secondary N) is 1. The highest BCUT2D eigenvalue weighted by Crippen LogP contribution is 2.35. The zero-order chi connectivity index (χ0) is 21.3. The van der Waals surface area contributed by atoms with E-state index in [1.165, 1.54) is 17.7 Å². The predicted octanol–water partition coefficient (Wildman–Crippen LogP) is 6.45. The van der Waals surface area contributed by atoms with Crippen molar-refractivity contribution in [3.8, 4) is 11.5 Å². The standard InChI is InChI=1S/C26H28FNO2/c1-4-8-22-15-21(17-28-24-10-7-6-9-19(24)3)16-25(29-5-2)26(22)30-18-20-11-13-23(27)14-12-20/h4,6-7,9-16,28H,1,5,8,17-18H2,2-3H3. The van der Waals surface area contributed by atoms with Crippen LogP contribution in [0.15, 0.2) is 73.3 Å². The first kappa shape index (κ1) is 21.4. The fourth-order valence-corrected chi connectivity index (χ4v) is 3.26. The van der Waals surface area contributed by atoms with Crippen molar-refractivity contribution in [3.63, 3.8) is 0 Å². The number of halogens is 1. The summed E-state index contributed by atoms with van der Waals surface area (Å²) in [7, 11) is 0. The van der Waals surface area contributed by atoms with Crippen LogP contribution < -0.4 is 14.8 Å². The van der Waals surface area contributed by atoms with Gasteiger partial charge in [-0.2, -0.15) is 0 Å². The fraction of sp³-hybridized carbons (Fsp3) is 0.231. The van der Waals surface area contributed by atoms with Crippen LogP contribution in [0.5, 0.6) is 11.5 Å². The SMILES string of the molecule is C=CCc1cc(CNc2ccccc2C)cc(OCC)c1OCc1ccc(F)cc1. The maximum absolute atomic E-state index is 13.2. The highest BCUT2D eigenvalue weighted by atomic mass is 19.1. The summed E-state index contributed by atoms with van der Waals surface area (Å²) in [6.07, 6.45) is 2.52. The molecule has 3 aromatic carbocycles. The largest absolute Gasteiger partial charge is 0.490 e. The summed E-state index contributed by atoms with van der Waals surface area (Å²) in [5, 5.41) is 3.49. The molecule has 3 rings (SSSR count). The van der Waals surface area contributed by atoms with E-state index < -0.39 is 0 Å². The van der Waals surface area contributed by atoms with E-state index in [9.17, 15) is 4.39 Å². The van der Waals surface area contributed by atoms with Crippen molar-refractivity contribution in [1.29, 1.82) is 0 Å². The Bertz CT molecular complexity index is 983. The Kier molecular flexibility index (Phi) is 7.50. The van der Waals surface area contributed by atoms with Crippen LogP contribution in [0.4, 0.5) is 10.1 Å². The smallest absolute Gasteiger partial charge is 0.165 e. The molecule has 4 heteroatoms. The molecule has 0 fully saturated rings. The molecule has 0 bridgehead atoms. The van der Waals surface area contributed by atoms with E-state index >= 15 is 0 Å². The van der Waals surface area contributed by atoms with Gasteiger partial charge in [0, 0.05) is 17.8 Å².